The predicted octanol–water partition coefficient (Wildman–Crippen LogP) is -0.744. The van der Waals surface area contributed by atoms with Crippen LogP contribution >= 0.6 is 0 Å². The van der Waals surface area contributed by atoms with E-state index in [0.29, 0.717) is 13.0 Å². The number of imide groups is 1. The second kappa shape index (κ2) is 7.42. The minimum absolute atomic E-state index is 0.0916. The number of amides is 2. The Bertz CT molecular complexity index is 322. The van der Waals surface area contributed by atoms with E-state index < -0.39 is 18.1 Å². The maximum Gasteiger partial charge on any atom is 0.413 e. The molecule has 7 heteroatoms. The highest BCUT2D eigenvalue weighted by atomic mass is 16.5. The van der Waals surface area contributed by atoms with Crippen molar-refractivity contribution in [3.63, 3.8) is 0 Å². The minimum Gasteiger partial charge on any atom is -0.450 e. The quantitative estimate of drug-likeness (QED) is 0.686. The van der Waals surface area contributed by atoms with Crippen LogP contribution in [0.5, 0.6) is 0 Å². The van der Waals surface area contributed by atoms with E-state index in [1.165, 1.54) is 0 Å². The number of likely N-dealkylation sites (N-methyl/N-ethyl adjacent to an activating group) is 1. The lowest BCUT2D eigenvalue weighted by Gasteiger charge is -2.25. The van der Waals surface area contributed by atoms with Gasteiger partial charge in [0.25, 0.3) is 0 Å². The fraction of sp³-hybridized carbons (Fsp3) is 0.833. The summed E-state index contributed by atoms with van der Waals surface area (Å²) in [6.07, 6.45) is -0.498. The number of β-amino-alcohol motifs (C(OH)–C–C–N with tert-alkyl or cyclic N) is 1. The van der Waals surface area contributed by atoms with Crippen molar-refractivity contribution < 1.29 is 19.4 Å². The van der Waals surface area contributed by atoms with Gasteiger partial charge in [-0.3, -0.25) is 15.0 Å². The van der Waals surface area contributed by atoms with Crippen LogP contribution in [-0.2, 0) is 9.53 Å². The molecule has 0 spiro atoms. The van der Waals surface area contributed by atoms with E-state index in [2.05, 4.69) is 10.1 Å². The molecule has 1 saturated heterocycles. The van der Waals surface area contributed by atoms with Crippen LogP contribution < -0.4 is 5.32 Å². The first-order valence-corrected chi connectivity index (χ1v) is 6.45. The first kappa shape index (κ1) is 15.9. The number of aliphatic hydroxyl groups is 1. The number of ether oxygens (including phenoxy) is 1. The van der Waals surface area contributed by atoms with E-state index in [-0.39, 0.29) is 19.2 Å². The Morgan fingerprint density at radius 2 is 2.16 bits per heavy atom. The number of alkyl carbamates (subject to hydrolysis) is 1. The zero-order chi connectivity index (χ0) is 14.4. The maximum absolute atomic E-state index is 11.7. The van der Waals surface area contributed by atoms with E-state index in [9.17, 15) is 14.7 Å². The van der Waals surface area contributed by atoms with E-state index in [0.717, 1.165) is 6.54 Å². The second-order valence-corrected chi connectivity index (χ2v) is 5.00. The van der Waals surface area contributed by atoms with Crippen LogP contribution in [0.4, 0.5) is 4.79 Å². The van der Waals surface area contributed by atoms with E-state index in [1.54, 1.807) is 6.92 Å². The van der Waals surface area contributed by atoms with Crippen LogP contribution in [0.3, 0.4) is 0 Å². The molecule has 1 rings (SSSR count). The molecule has 2 amide bonds. The predicted molar refractivity (Wildman–Crippen MR) is 69.7 cm³/mol. The number of rotatable bonds is 5. The molecule has 0 aromatic heterocycles. The molecule has 110 valence electrons. The van der Waals surface area contributed by atoms with Gasteiger partial charge in [-0.2, -0.15) is 0 Å². The molecule has 2 N–H and O–H groups in total. The van der Waals surface area contributed by atoms with Crippen LogP contribution in [0.25, 0.3) is 0 Å². The van der Waals surface area contributed by atoms with Crippen molar-refractivity contribution in [2.45, 2.75) is 25.5 Å². The van der Waals surface area contributed by atoms with E-state index >= 15 is 0 Å². The zero-order valence-electron chi connectivity index (χ0n) is 11.8. The fourth-order valence-corrected chi connectivity index (χ4v) is 2.27. The molecule has 0 saturated carbocycles. The zero-order valence-corrected chi connectivity index (χ0v) is 11.8. The number of carbonyl (C=O) groups excluding carboxylic acids is 2. The largest absolute Gasteiger partial charge is 0.450 e. The van der Waals surface area contributed by atoms with Crippen LogP contribution in [0.1, 0.15) is 13.3 Å². The number of hydrogen-bond donors (Lipinski definition) is 2. The summed E-state index contributed by atoms with van der Waals surface area (Å²) < 4.78 is 4.64. The third-order valence-corrected chi connectivity index (χ3v) is 2.95. The SMILES string of the molecule is CCOC(=O)NC(=O)CN1CC(O)CC1CN(C)C. The summed E-state index contributed by atoms with van der Waals surface area (Å²) in [5, 5.41) is 11.8. The summed E-state index contributed by atoms with van der Waals surface area (Å²) in [7, 11) is 3.89. The lowest BCUT2D eigenvalue weighted by atomic mass is 10.2. The van der Waals surface area contributed by atoms with Crippen molar-refractivity contribution in [1.82, 2.24) is 15.1 Å². The minimum atomic E-state index is -0.726. The molecule has 7 nitrogen and oxygen atoms in total. The molecular weight excluding hydrogens is 250 g/mol. The third kappa shape index (κ3) is 5.54. The first-order valence-electron chi connectivity index (χ1n) is 6.45. The molecule has 2 atom stereocenters. The highest BCUT2D eigenvalue weighted by Crippen LogP contribution is 2.17. The number of aliphatic hydroxyl groups excluding tert-OH is 1. The Kier molecular flexibility index (Phi) is 6.20. The van der Waals surface area contributed by atoms with Crippen molar-refractivity contribution in [3.05, 3.63) is 0 Å². The van der Waals surface area contributed by atoms with E-state index in [1.807, 2.05) is 23.9 Å². The second-order valence-electron chi connectivity index (χ2n) is 5.00. The Morgan fingerprint density at radius 3 is 2.74 bits per heavy atom. The number of nitrogens with one attached hydrogen (secondary N) is 1. The summed E-state index contributed by atoms with van der Waals surface area (Å²) in [6.45, 7) is 3.21. The van der Waals surface area contributed by atoms with Crippen LogP contribution in [0.15, 0.2) is 0 Å². The fourth-order valence-electron chi connectivity index (χ4n) is 2.27. The topological polar surface area (TPSA) is 82.1 Å². The van der Waals surface area contributed by atoms with Crippen LogP contribution in [0, 0.1) is 0 Å². The smallest absolute Gasteiger partial charge is 0.413 e. The van der Waals surface area contributed by atoms with Gasteiger partial charge in [0.2, 0.25) is 5.91 Å². The van der Waals surface area contributed by atoms with Gasteiger partial charge in [-0.25, -0.2) is 4.79 Å². The third-order valence-electron chi connectivity index (χ3n) is 2.95. The summed E-state index contributed by atoms with van der Waals surface area (Å²) in [6, 6.07) is 0.123. The van der Waals surface area contributed by atoms with Crippen molar-refractivity contribution in [2.75, 3.05) is 40.3 Å². The van der Waals surface area contributed by atoms with E-state index in [4.69, 9.17) is 0 Å². The average molecular weight is 273 g/mol. The molecule has 2 unspecified atom stereocenters. The summed E-state index contributed by atoms with van der Waals surface area (Å²) in [5.74, 6) is -0.406. The van der Waals surface area contributed by atoms with Gasteiger partial charge in [0.05, 0.1) is 19.3 Å². The number of carbonyl (C=O) groups is 2. The summed E-state index contributed by atoms with van der Waals surface area (Å²) >= 11 is 0. The van der Waals surface area contributed by atoms with Gasteiger partial charge >= 0.3 is 6.09 Å². The summed E-state index contributed by atoms with van der Waals surface area (Å²) in [4.78, 5) is 26.7. The molecule has 1 aliphatic rings. The molecule has 0 bridgehead atoms. The lowest BCUT2D eigenvalue weighted by molar-refractivity contribution is -0.121. The standard InChI is InChI=1S/C12H23N3O4/c1-4-19-12(18)13-11(17)8-15-7-10(16)5-9(15)6-14(2)3/h9-10,16H,4-8H2,1-3H3,(H,13,17,18). The van der Waals surface area contributed by atoms with Crippen molar-refractivity contribution in [3.8, 4) is 0 Å². The number of nitrogens with zero attached hydrogens (tertiary/aromatic N) is 2. The Hall–Kier alpha value is -1.18. The molecule has 1 fully saturated rings. The van der Waals surface area contributed by atoms with Gasteiger partial charge in [-0.1, -0.05) is 0 Å². The first-order chi connectivity index (χ1) is 8.92. The summed E-state index contributed by atoms with van der Waals surface area (Å²) in [5.41, 5.74) is 0. The van der Waals surface area contributed by atoms with Gasteiger partial charge in [0.1, 0.15) is 0 Å². The van der Waals surface area contributed by atoms with Crippen LogP contribution in [0.2, 0.25) is 0 Å². The molecule has 1 heterocycles. The Labute approximate surface area is 113 Å². The van der Waals surface area contributed by atoms with Crippen molar-refractivity contribution in [2.24, 2.45) is 0 Å². The normalized spacial score (nSPS) is 23.6. The molecule has 0 aromatic rings. The van der Waals surface area contributed by atoms with Crippen molar-refractivity contribution in [1.29, 1.82) is 0 Å². The molecule has 0 radical (unpaired) electrons. The van der Waals surface area contributed by atoms with Crippen molar-refractivity contribution >= 4 is 12.0 Å². The molecule has 1 aliphatic heterocycles. The molecule has 19 heavy (non-hydrogen) atoms. The number of likely N-dealkylation sites (tertiary alicyclic amines) is 1. The average Bonchev–Trinajstić information content (AvgIpc) is 2.57. The molecule has 0 aromatic carbocycles. The lowest BCUT2D eigenvalue weighted by Crippen LogP contribution is -2.45. The van der Waals surface area contributed by atoms with Gasteiger partial charge in [0.15, 0.2) is 0 Å². The van der Waals surface area contributed by atoms with Gasteiger partial charge < -0.3 is 14.7 Å². The Balaban J connectivity index is 2.44. The van der Waals surface area contributed by atoms with Gasteiger partial charge in [-0.15, -0.1) is 0 Å². The Morgan fingerprint density at radius 1 is 1.47 bits per heavy atom. The highest BCUT2D eigenvalue weighted by Gasteiger charge is 2.32. The van der Waals surface area contributed by atoms with Gasteiger partial charge in [0, 0.05) is 19.1 Å². The monoisotopic (exact) mass is 273 g/mol. The molecule has 0 aliphatic carbocycles. The molecular formula is C12H23N3O4. The van der Waals surface area contributed by atoms with Crippen LogP contribution in [-0.4, -0.2) is 79.4 Å². The maximum atomic E-state index is 11.7. The highest BCUT2D eigenvalue weighted by molar-refractivity contribution is 5.92. The van der Waals surface area contributed by atoms with Gasteiger partial charge in [-0.05, 0) is 27.4 Å². The number of hydrogen-bond acceptors (Lipinski definition) is 6.